The van der Waals surface area contributed by atoms with Gasteiger partial charge in [0.2, 0.25) is 10.0 Å². The third-order valence-electron chi connectivity index (χ3n) is 4.30. The minimum atomic E-state index is -3.13. The van der Waals surface area contributed by atoms with Gasteiger partial charge in [0.05, 0.1) is 6.26 Å². The van der Waals surface area contributed by atoms with E-state index in [1.807, 2.05) is 26.0 Å². The molecule has 1 aliphatic rings. The van der Waals surface area contributed by atoms with Crippen LogP contribution in [-0.2, 0) is 16.4 Å². The molecule has 136 valence electrons. The van der Waals surface area contributed by atoms with Crippen molar-refractivity contribution in [3.8, 4) is 0 Å². The standard InChI is InChI=1S/C16H24N6O2S/c1-11-7-16(21-20-11)19-15-9-14(17-12(2)18-15)8-13-5-4-6-22(10-13)25(3,23)24/h7,9,13H,4-6,8,10H2,1-3H3,(H2,17,18,19,20,21)/t13-/m0/s1. The molecule has 0 spiro atoms. The number of H-pyrrole nitrogens is 1. The van der Waals surface area contributed by atoms with Crippen LogP contribution in [0.25, 0.3) is 0 Å². The molecule has 1 aliphatic heterocycles. The van der Waals surface area contributed by atoms with Crippen LogP contribution in [0, 0.1) is 19.8 Å². The molecule has 0 radical (unpaired) electrons. The maximum absolute atomic E-state index is 11.8. The Hall–Kier alpha value is -2.00. The highest BCUT2D eigenvalue weighted by molar-refractivity contribution is 7.88. The molecule has 1 fully saturated rings. The quantitative estimate of drug-likeness (QED) is 0.838. The van der Waals surface area contributed by atoms with Gasteiger partial charge in [-0.25, -0.2) is 22.7 Å². The van der Waals surface area contributed by atoms with Crippen LogP contribution in [0.1, 0.15) is 30.1 Å². The lowest BCUT2D eigenvalue weighted by molar-refractivity contribution is 0.265. The Morgan fingerprint density at radius 1 is 1.28 bits per heavy atom. The third-order valence-corrected chi connectivity index (χ3v) is 5.57. The third kappa shape index (κ3) is 4.76. The van der Waals surface area contributed by atoms with Crippen molar-refractivity contribution in [2.24, 2.45) is 5.92 Å². The monoisotopic (exact) mass is 364 g/mol. The number of nitrogens with zero attached hydrogens (tertiary/aromatic N) is 4. The van der Waals surface area contributed by atoms with E-state index in [0.29, 0.717) is 30.5 Å². The lowest BCUT2D eigenvalue weighted by atomic mass is 9.94. The van der Waals surface area contributed by atoms with Crippen LogP contribution in [0.2, 0.25) is 0 Å². The molecule has 0 aliphatic carbocycles. The number of rotatable bonds is 5. The van der Waals surface area contributed by atoms with Crippen molar-refractivity contribution >= 4 is 21.7 Å². The number of sulfonamides is 1. The predicted molar refractivity (Wildman–Crippen MR) is 96.2 cm³/mol. The number of hydrogen-bond donors (Lipinski definition) is 2. The maximum Gasteiger partial charge on any atom is 0.211 e. The largest absolute Gasteiger partial charge is 0.323 e. The number of anilines is 2. The second-order valence-corrected chi connectivity index (χ2v) is 8.67. The van der Waals surface area contributed by atoms with Crippen LogP contribution in [0.5, 0.6) is 0 Å². The van der Waals surface area contributed by atoms with E-state index in [2.05, 4.69) is 25.5 Å². The summed E-state index contributed by atoms with van der Waals surface area (Å²) in [6, 6.07) is 3.82. The van der Waals surface area contributed by atoms with E-state index >= 15 is 0 Å². The maximum atomic E-state index is 11.8. The Morgan fingerprint density at radius 3 is 2.76 bits per heavy atom. The van der Waals surface area contributed by atoms with Gasteiger partial charge >= 0.3 is 0 Å². The average Bonchev–Trinajstić information content (AvgIpc) is 2.91. The fourth-order valence-electron chi connectivity index (χ4n) is 3.20. The molecule has 8 nitrogen and oxygen atoms in total. The molecule has 9 heteroatoms. The number of nitrogens with one attached hydrogen (secondary N) is 2. The summed E-state index contributed by atoms with van der Waals surface area (Å²) in [6.45, 7) is 4.96. The van der Waals surface area contributed by atoms with Gasteiger partial charge in [-0.1, -0.05) is 0 Å². The van der Waals surface area contributed by atoms with Crippen LogP contribution in [0.15, 0.2) is 12.1 Å². The van der Waals surface area contributed by atoms with Crippen molar-refractivity contribution in [1.29, 1.82) is 0 Å². The molecule has 25 heavy (non-hydrogen) atoms. The van der Waals surface area contributed by atoms with Crippen LogP contribution in [0.4, 0.5) is 11.6 Å². The number of hydrogen-bond acceptors (Lipinski definition) is 6. The molecule has 2 N–H and O–H groups in total. The Kier molecular flexibility index (Phi) is 5.05. The Morgan fingerprint density at radius 2 is 2.08 bits per heavy atom. The first-order valence-corrected chi connectivity index (χ1v) is 10.2. The fraction of sp³-hybridized carbons (Fsp3) is 0.562. The van der Waals surface area contributed by atoms with Gasteiger partial charge in [0.15, 0.2) is 5.82 Å². The average molecular weight is 364 g/mol. The molecule has 3 rings (SSSR count). The highest BCUT2D eigenvalue weighted by Gasteiger charge is 2.26. The molecule has 2 aromatic rings. The Balaban J connectivity index is 1.72. The number of piperidine rings is 1. The summed E-state index contributed by atoms with van der Waals surface area (Å²) in [5, 5.41) is 10.2. The summed E-state index contributed by atoms with van der Waals surface area (Å²) in [5.74, 6) is 2.37. The first-order valence-electron chi connectivity index (χ1n) is 8.38. The molecule has 0 unspecified atom stereocenters. The molecular weight excluding hydrogens is 340 g/mol. The van der Waals surface area contributed by atoms with Gasteiger partial charge in [-0.2, -0.15) is 5.10 Å². The van der Waals surface area contributed by atoms with Gasteiger partial charge in [-0.3, -0.25) is 5.10 Å². The van der Waals surface area contributed by atoms with E-state index in [4.69, 9.17) is 0 Å². The molecule has 1 saturated heterocycles. The van der Waals surface area contributed by atoms with Gasteiger partial charge in [-0.05, 0) is 39.0 Å². The highest BCUT2D eigenvalue weighted by Crippen LogP contribution is 2.23. The first kappa shape index (κ1) is 17.8. The Bertz CT molecular complexity index is 848. The lowest BCUT2D eigenvalue weighted by Crippen LogP contribution is -2.39. The number of aromatic nitrogens is 4. The summed E-state index contributed by atoms with van der Waals surface area (Å²) in [4.78, 5) is 8.92. The van der Waals surface area contributed by atoms with Crippen LogP contribution >= 0.6 is 0 Å². The van der Waals surface area contributed by atoms with Crippen molar-refractivity contribution < 1.29 is 8.42 Å². The predicted octanol–water partition coefficient (Wildman–Crippen LogP) is 1.77. The summed E-state index contributed by atoms with van der Waals surface area (Å²) in [7, 11) is -3.13. The van der Waals surface area contributed by atoms with Gasteiger partial charge in [0.25, 0.3) is 0 Å². The second kappa shape index (κ2) is 7.09. The zero-order chi connectivity index (χ0) is 18.0. The molecule has 2 aromatic heterocycles. The van der Waals surface area contributed by atoms with E-state index in [-0.39, 0.29) is 5.92 Å². The number of aromatic amines is 1. The summed E-state index contributed by atoms with van der Waals surface area (Å²) in [5.41, 5.74) is 1.89. The van der Waals surface area contributed by atoms with E-state index in [1.54, 1.807) is 4.31 Å². The molecular formula is C16H24N6O2S. The van der Waals surface area contributed by atoms with Crippen molar-refractivity contribution in [2.45, 2.75) is 33.1 Å². The van der Waals surface area contributed by atoms with Crippen LogP contribution in [-0.4, -0.2) is 52.2 Å². The fourth-order valence-corrected chi connectivity index (χ4v) is 4.14. The van der Waals surface area contributed by atoms with E-state index in [1.165, 1.54) is 6.26 Å². The minimum absolute atomic E-state index is 0.276. The molecule has 0 bridgehead atoms. The summed E-state index contributed by atoms with van der Waals surface area (Å²) >= 11 is 0. The van der Waals surface area contributed by atoms with E-state index in [0.717, 1.165) is 30.7 Å². The van der Waals surface area contributed by atoms with Gasteiger partial charge in [-0.15, -0.1) is 0 Å². The molecule has 0 saturated carbocycles. The minimum Gasteiger partial charge on any atom is -0.323 e. The molecule has 0 amide bonds. The van der Waals surface area contributed by atoms with Crippen molar-refractivity contribution in [1.82, 2.24) is 24.5 Å². The number of aryl methyl sites for hydroxylation is 2. The van der Waals surface area contributed by atoms with Crippen LogP contribution in [0.3, 0.4) is 0 Å². The first-order chi connectivity index (χ1) is 11.8. The van der Waals surface area contributed by atoms with Gasteiger partial charge < -0.3 is 5.32 Å². The zero-order valence-electron chi connectivity index (χ0n) is 14.8. The van der Waals surface area contributed by atoms with Crippen molar-refractivity contribution in [3.63, 3.8) is 0 Å². The van der Waals surface area contributed by atoms with Gasteiger partial charge in [0.1, 0.15) is 11.6 Å². The van der Waals surface area contributed by atoms with Crippen LogP contribution < -0.4 is 5.32 Å². The molecule has 0 aromatic carbocycles. The molecule has 1 atom stereocenters. The van der Waals surface area contributed by atoms with E-state index in [9.17, 15) is 8.42 Å². The van der Waals surface area contributed by atoms with Crippen molar-refractivity contribution in [3.05, 3.63) is 29.3 Å². The van der Waals surface area contributed by atoms with Gasteiger partial charge in [0, 0.05) is 36.6 Å². The Labute approximate surface area is 148 Å². The SMILES string of the molecule is Cc1nc(C[C@@H]2CCCN(S(C)(=O)=O)C2)cc(Nc2cc(C)[nH]n2)n1. The lowest BCUT2D eigenvalue weighted by Gasteiger charge is -2.30. The van der Waals surface area contributed by atoms with E-state index < -0.39 is 10.0 Å². The zero-order valence-corrected chi connectivity index (χ0v) is 15.6. The van der Waals surface area contributed by atoms with Crippen molar-refractivity contribution in [2.75, 3.05) is 24.7 Å². The second-order valence-electron chi connectivity index (χ2n) is 6.69. The highest BCUT2D eigenvalue weighted by atomic mass is 32.2. The summed E-state index contributed by atoms with van der Waals surface area (Å²) in [6.07, 6.45) is 3.91. The summed E-state index contributed by atoms with van der Waals surface area (Å²) < 4.78 is 25.1. The topological polar surface area (TPSA) is 104 Å². The smallest absolute Gasteiger partial charge is 0.211 e. The molecule has 3 heterocycles. The normalized spacial score (nSPS) is 19.1.